The van der Waals surface area contributed by atoms with Gasteiger partial charge in [0.15, 0.2) is 0 Å². The number of nitriles is 1. The van der Waals surface area contributed by atoms with E-state index in [0.717, 1.165) is 29.8 Å². The summed E-state index contributed by atoms with van der Waals surface area (Å²) in [5, 5.41) is 18.4. The average Bonchev–Trinajstić information content (AvgIpc) is 2.70. The van der Waals surface area contributed by atoms with Gasteiger partial charge in [0.2, 0.25) is 0 Å². The molecule has 1 heterocycles. The van der Waals surface area contributed by atoms with Gasteiger partial charge in [-0.05, 0) is 43.0 Å². The van der Waals surface area contributed by atoms with Crippen molar-refractivity contribution >= 4 is 5.69 Å². The molecule has 1 aromatic carbocycles. The minimum absolute atomic E-state index is 0.195. The molecule has 1 N–H and O–H groups in total. The Hall–Kier alpha value is -1.53. The fourth-order valence-corrected chi connectivity index (χ4v) is 2.56. The van der Waals surface area contributed by atoms with Crippen LogP contribution in [-0.4, -0.2) is 24.3 Å². The van der Waals surface area contributed by atoms with E-state index in [1.165, 1.54) is 0 Å². The van der Waals surface area contributed by atoms with E-state index < -0.39 is 0 Å². The molecule has 90 valence electrons. The summed E-state index contributed by atoms with van der Waals surface area (Å²) in [5.74, 6) is 0.524. The second-order valence-electron chi connectivity index (χ2n) is 4.82. The molecule has 1 aliphatic heterocycles. The zero-order valence-corrected chi connectivity index (χ0v) is 10.3. The predicted molar refractivity (Wildman–Crippen MR) is 67.9 cm³/mol. The second kappa shape index (κ2) is 4.77. The highest BCUT2D eigenvalue weighted by atomic mass is 16.3. The summed E-state index contributed by atoms with van der Waals surface area (Å²) in [6.45, 7) is 5.31. The van der Waals surface area contributed by atoms with Gasteiger partial charge in [0.25, 0.3) is 0 Å². The number of nitrogens with zero attached hydrogens (tertiary/aromatic N) is 2. The highest BCUT2D eigenvalue weighted by Crippen LogP contribution is 2.30. The van der Waals surface area contributed by atoms with Crippen LogP contribution in [0.5, 0.6) is 0 Å². The highest BCUT2D eigenvalue weighted by Gasteiger charge is 2.30. The largest absolute Gasteiger partial charge is 0.394 e. The molecule has 1 fully saturated rings. The van der Waals surface area contributed by atoms with E-state index in [9.17, 15) is 5.11 Å². The van der Waals surface area contributed by atoms with Crippen LogP contribution in [0.3, 0.4) is 0 Å². The van der Waals surface area contributed by atoms with Crippen molar-refractivity contribution in [3.8, 4) is 6.07 Å². The van der Waals surface area contributed by atoms with E-state index in [0.29, 0.717) is 5.92 Å². The molecule has 1 saturated heterocycles. The van der Waals surface area contributed by atoms with Crippen molar-refractivity contribution in [2.75, 3.05) is 18.1 Å². The van der Waals surface area contributed by atoms with E-state index in [1.807, 2.05) is 25.1 Å². The minimum atomic E-state index is 0.195. The van der Waals surface area contributed by atoms with E-state index in [4.69, 9.17) is 5.26 Å². The number of anilines is 1. The molecular formula is C14H18N2O. The summed E-state index contributed by atoms with van der Waals surface area (Å²) in [6.07, 6.45) is 1.12. The topological polar surface area (TPSA) is 47.3 Å². The van der Waals surface area contributed by atoms with Gasteiger partial charge in [-0.2, -0.15) is 5.26 Å². The molecule has 17 heavy (non-hydrogen) atoms. The third-order valence-corrected chi connectivity index (χ3v) is 3.73. The molecule has 2 atom stereocenters. The van der Waals surface area contributed by atoms with Crippen molar-refractivity contribution in [3.05, 3.63) is 29.3 Å². The zero-order valence-electron chi connectivity index (χ0n) is 10.3. The standard InChI is InChI=1S/C14H18N2O/c1-10-5-6-16(14(10)9-17)13-4-3-12(8-15)11(2)7-13/h3-4,7,10,14,17H,5-6,9H2,1-2H3. The SMILES string of the molecule is Cc1cc(N2CCC(C)C2CO)ccc1C#N. The maximum absolute atomic E-state index is 9.44. The second-order valence-corrected chi connectivity index (χ2v) is 4.82. The molecule has 2 rings (SSSR count). The van der Waals surface area contributed by atoms with Crippen molar-refractivity contribution < 1.29 is 5.11 Å². The predicted octanol–water partition coefficient (Wildman–Crippen LogP) is 2.07. The molecule has 1 aliphatic rings. The summed E-state index contributed by atoms with van der Waals surface area (Å²) in [5.41, 5.74) is 2.84. The first kappa shape index (κ1) is 11.9. The Balaban J connectivity index is 2.29. The van der Waals surface area contributed by atoms with Crippen LogP contribution in [0.15, 0.2) is 18.2 Å². The number of aryl methyl sites for hydroxylation is 1. The van der Waals surface area contributed by atoms with E-state index >= 15 is 0 Å². The minimum Gasteiger partial charge on any atom is -0.394 e. The maximum Gasteiger partial charge on any atom is 0.0994 e. The van der Waals surface area contributed by atoms with Crippen molar-refractivity contribution in [2.45, 2.75) is 26.3 Å². The van der Waals surface area contributed by atoms with E-state index in [1.54, 1.807) is 0 Å². The summed E-state index contributed by atoms with van der Waals surface area (Å²) >= 11 is 0. The van der Waals surface area contributed by atoms with Gasteiger partial charge in [-0.25, -0.2) is 0 Å². The quantitative estimate of drug-likeness (QED) is 0.846. The molecule has 0 aliphatic carbocycles. The summed E-state index contributed by atoms with van der Waals surface area (Å²) < 4.78 is 0. The van der Waals surface area contributed by atoms with Crippen molar-refractivity contribution in [2.24, 2.45) is 5.92 Å². The first-order chi connectivity index (χ1) is 8.17. The normalized spacial score (nSPS) is 23.8. The Kier molecular flexibility index (Phi) is 3.35. The van der Waals surface area contributed by atoms with Crippen LogP contribution in [-0.2, 0) is 0 Å². The van der Waals surface area contributed by atoms with Crippen LogP contribution < -0.4 is 4.90 Å². The Morgan fingerprint density at radius 2 is 2.29 bits per heavy atom. The van der Waals surface area contributed by atoms with Gasteiger partial charge >= 0.3 is 0 Å². The molecule has 0 aromatic heterocycles. The molecule has 0 amide bonds. The van der Waals surface area contributed by atoms with Gasteiger partial charge in [0, 0.05) is 12.2 Å². The Labute approximate surface area is 102 Å². The average molecular weight is 230 g/mol. The van der Waals surface area contributed by atoms with Crippen LogP contribution in [0.25, 0.3) is 0 Å². The lowest BCUT2D eigenvalue weighted by atomic mass is 10.0. The summed E-state index contributed by atoms with van der Waals surface area (Å²) in [6, 6.07) is 8.27. The van der Waals surface area contributed by atoms with Gasteiger partial charge in [0.1, 0.15) is 0 Å². The number of benzene rings is 1. The molecule has 1 aromatic rings. The summed E-state index contributed by atoms with van der Waals surface area (Å²) in [7, 11) is 0. The van der Waals surface area contributed by atoms with Crippen molar-refractivity contribution in [1.29, 1.82) is 5.26 Å². The first-order valence-corrected chi connectivity index (χ1v) is 6.05. The van der Waals surface area contributed by atoms with Crippen LogP contribution in [0.4, 0.5) is 5.69 Å². The van der Waals surface area contributed by atoms with Crippen molar-refractivity contribution in [3.63, 3.8) is 0 Å². The zero-order chi connectivity index (χ0) is 12.4. The number of rotatable bonds is 2. The highest BCUT2D eigenvalue weighted by molar-refractivity contribution is 5.55. The fourth-order valence-electron chi connectivity index (χ4n) is 2.56. The maximum atomic E-state index is 9.44. The lowest BCUT2D eigenvalue weighted by molar-refractivity contribution is 0.245. The molecular weight excluding hydrogens is 212 g/mol. The molecule has 0 radical (unpaired) electrons. The molecule has 2 unspecified atom stereocenters. The third kappa shape index (κ3) is 2.13. The Morgan fingerprint density at radius 3 is 2.88 bits per heavy atom. The molecule has 0 saturated carbocycles. The van der Waals surface area contributed by atoms with Crippen LogP contribution in [0.2, 0.25) is 0 Å². The summed E-state index contributed by atoms with van der Waals surface area (Å²) in [4.78, 5) is 2.25. The van der Waals surface area contributed by atoms with Gasteiger partial charge in [-0.15, -0.1) is 0 Å². The lowest BCUT2D eigenvalue weighted by Gasteiger charge is -2.27. The smallest absolute Gasteiger partial charge is 0.0994 e. The van der Waals surface area contributed by atoms with Crippen molar-refractivity contribution in [1.82, 2.24) is 0 Å². The van der Waals surface area contributed by atoms with Crippen LogP contribution >= 0.6 is 0 Å². The molecule has 3 heteroatoms. The molecule has 0 spiro atoms. The number of hydrogen-bond acceptors (Lipinski definition) is 3. The van der Waals surface area contributed by atoms with Crippen LogP contribution in [0.1, 0.15) is 24.5 Å². The fraction of sp³-hybridized carbons (Fsp3) is 0.500. The van der Waals surface area contributed by atoms with Gasteiger partial charge in [0.05, 0.1) is 24.3 Å². The monoisotopic (exact) mass is 230 g/mol. The first-order valence-electron chi connectivity index (χ1n) is 6.05. The van der Waals surface area contributed by atoms with E-state index in [-0.39, 0.29) is 12.6 Å². The molecule has 0 bridgehead atoms. The number of hydrogen-bond donors (Lipinski definition) is 1. The van der Waals surface area contributed by atoms with Gasteiger partial charge in [-0.3, -0.25) is 0 Å². The van der Waals surface area contributed by atoms with Gasteiger partial charge < -0.3 is 10.0 Å². The molecule has 3 nitrogen and oxygen atoms in total. The number of aliphatic hydroxyl groups excluding tert-OH is 1. The van der Waals surface area contributed by atoms with Crippen LogP contribution in [0, 0.1) is 24.2 Å². The van der Waals surface area contributed by atoms with E-state index in [2.05, 4.69) is 17.9 Å². The number of aliphatic hydroxyl groups is 1. The lowest BCUT2D eigenvalue weighted by Crippen LogP contribution is -2.35. The Morgan fingerprint density at radius 1 is 1.53 bits per heavy atom. The Bertz CT molecular complexity index is 450. The van der Waals surface area contributed by atoms with Gasteiger partial charge in [-0.1, -0.05) is 6.92 Å². The third-order valence-electron chi connectivity index (χ3n) is 3.73.